The quantitative estimate of drug-likeness (QED) is 0.746. The standard InChI is InChI=1S/C15H24IN3/c1-3-7-12-18-14(11-8-5-6-9-11)13(16)15(19-12)17-10-4-2/h11H,3-10H2,1-2H3,(H,17,18,19). The fraction of sp³-hybridized carbons (Fsp3) is 0.733. The molecule has 0 aliphatic heterocycles. The van der Waals surface area contributed by atoms with Gasteiger partial charge in [0, 0.05) is 18.9 Å². The van der Waals surface area contributed by atoms with Gasteiger partial charge in [0.05, 0.1) is 9.26 Å². The van der Waals surface area contributed by atoms with Gasteiger partial charge in [0.2, 0.25) is 0 Å². The van der Waals surface area contributed by atoms with Crippen molar-refractivity contribution >= 4 is 28.4 Å². The maximum Gasteiger partial charge on any atom is 0.143 e. The van der Waals surface area contributed by atoms with Gasteiger partial charge in [0.15, 0.2) is 0 Å². The van der Waals surface area contributed by atoms with E-state index in [0.717, 1.165) is 37.4 Å². The van der Waals surface area contributed by atoms with Gasteiger partial charge >= 0.3 is 0 Å². The molecule has 1 aliphatic rings. The molecule has 1 heterocycles. The second-order valence-corrected chi connectivity index (χ2v) is 6.42. The Morgan fingerprint density at radius 2 is 1.89 bits per heavy atom. The Balaban J connectivity index is 2.30. The summed E-state index contributed by atoms with van der Waals surface area (Å²) in [4.78, 5) is 9.56. The fourth-order valence-corrected chi connectivity index (χ4v) is 3.55. The van der Waals surface area contributed by atoms with E-state index < -0.39 is 0 Å². The Labute approximate surface area is 130 Å². The Morgan fingerprint density at radius 1 is 1.16 bits per heavy atom. The zero-order valence-corrected chi connectivity index (χ0v) is 14.2. The summed E-state index contributed by atoms with van der Waals surface area (Å²) in [6.07, 6.45) is 8.52. The first-order valence-corrected chi connectivity index (χ1v) is 8.64. The van der Waals surface area contributed by atoms with Crippen LogP contribution in [0, 0.1) is 3.57 Å². The minimum atomic E-state index is 0.660. The molecule has 19 heavy (non-hydrogen) atoms. The third-order valence-electron chi connectivity index (χ3n) is 3.68. The van der Waals surface area contributed by atoms with Gasteiger partial charge in [-0.15, -0.1) is 0 Å². The van der Waals surface area contributed by atoms with Gasteiger partial charge < -0.3 is 5.32 Å². The summed E-state index contributed by atoms with van der Waals surface area (Å²) in [5.74, 6) is 2.74. The number of aromatic nitrogens is 2. The number of aryl methyl sites for hydroxylation is 1. The summed E-state index contributed by atoms with van der Waals surface area (Å²) >= 11 is 2.43. The van der Waals surface area contributed by atoms with E-state index in [4.69, 9.17) is 9.97 Å². The third kappa shape index (κ3) is 3.80. The van der Waals surface area contributed by atoms with Gasteiger partial charge in [0.25, 0.3) is 0 Å². The largest absolute Gasteiger partial charge is 0.369 e. The van der Waals surface area contributed by atoms with Crippen LogP contribution in [0.2, 0.25) is 0 Å². The number of rotatable bonds is 6. The zero-order chi connectivity index (χ0) is 13.7. The molecule has 1 aliphatic carbocycles. The number of hydrogen-bond acceptors (Lipinski definition) is 3. The van der Waals surface area contributed by atoms with Crippen molar-refractivity contribution in [2.24, 2.45) is 0 Å². The molecule has 0 unspecified atom stereocenters. The predicted octanol–water partition coefficient (Wildman–Crippen LogP) is 4.51. The molecule has 0 atom stereocenters. The van der Waals surface area contributed by atoms with E-state index >= 15 is 0 Å². The van der Waals surface area contributed by atoms with Crippen LogP contribution in [0.3, 0.4) is 0 Å². The van der Waals surface area contributed by atoms with E-state index in [2.05, 4.69) is 41.8 Å². The lowest BCUT2D eigenvalue weighted by Crippen LogP contribution is -2.12. The molecular formula is C15H24IN3. The molecule has 0 radical (unpaired) electrons. The molecule has 106 valence electrons. The van der Waals surface area contributed by atoms with Crippen LogP contribution < -0.4 is 5.32 Å². The topological polar surface area (TPSA) is 37.8 Å². The van der Waals surface area contributed by atoms with Crippen LogP contribution in [0.4, 0.5) is 5.82 Å². The van der Waals surface area contributed by atoms with Crippen LogP contribution in [-0.4, -0.2) is 16.5 Å². The normalized spacial score (nSPS) is 15.9. The van der Waals surface area contributed by atoms with Gasteiger partial charge in [-0.25, -0.2) is 9.97 Å². The minimum absolute atomic E-state index is 0.660. The van der Waals surface area contributed by atoms with E-state index in [1.54, 1.807) is 0 Å². The van der Waals surface area contributed by atoms with Crippen LogP contribution in [0.5, 0.6) is 0 Å². The van der Waals surface area contributed by atoms with Crippen molar-refractivity contribution in [1.82, 2.24) is 9.97 Å². The highest BCUT2D eigenvalue weighted by molar-refractivity contribution is 14.1. The molecule has 0 spiro atoms. The number of halogens is 1. The van der Waals surface area contributed by atoms with E-state index in [1.165, 1.54) is 34.9 Å². The van der Waals surface area contributed by atoms with Crippen molar-refractivity contribution in [3.05, 3.63) is 15.1 Å². The highest BCUT2D eigenvalue weighted by Crippen LogP contribution is 2.37. The summed E-state index contributed by atoms with van der Waals surface area (Å²) in [7, 11) is 0. The maximum atomic E-state index is 4.85. The minimum Gasteiger partial charge on any atom is -0.369 e. The molecule has 1 saturated carbocycles. The molecule has 1 fully saturated rings. The first-order chi connectivity index (χ1) is 9.26. The zero-order valence-electron chi connectivity index (χ0n) is 12.0. The highest BCUT2D eigenvalue weighted by atomic mass is 127. The summed E-state index contributed by atoms with van der Waals surface area (Å²) in [5.41, 5.74) is 1.30. The Kier molecular flexibility index (Phi) is 5.85. The summed E-state index contributed by atoms with van der Waals surface area (Å²) in [6, 6.07) is 0. The number of hydrogen-bond donors (Lipinski definition) is 1. The van der Waals surface area contributed by atoms with E-state index in [-0.39, 0.29) is 0 Å². The van der Waals surface area contributed by atoms with Gasteiger partial charge in [-0.05, 0) is 48.3 Å². The average Bonchev–Trinajstić information content (AvgIpc) is 2.93. The molecule has 1 N–H and O–H groups in total. The second kappa shape index (κ2) is 7.41. The third-order valence-corrected chi connectivity index (χ3v) is 4.74. The van der Waals surface area contributed by atoms with E-state index in [1.807, 2.05) is 0 Å². The van der Waals surface area contributed by atoms with Crippen molar-refractivity contribution in [1.29, 1.82) is 0 Å². The fourth-order valence-electron chi connectivity index (χ4n) is 2.68. The Bertz CT molecular complexity index is 414. The van der Waals surface area contributed by atoms with Crippen molar-refractivity contribution in [2.75, 3.05) is 11.9 Å². The lowest BCUT2D eigenvalue weighted by molar-refractivity contribution is 0.674. The lowest BCUT2D eigenvalue weighted by atomic mass is 10.0. The van der Waals surface area contributed by atoms with Crippen molar-refractivity contribution < 1.29 is 0 Å². The van der Waals surface area contributed by atoms with Gasteiger partial charge in [0.1, 0.15) is 11.6 Å². The smallest absolute Gasteiger partial charge is 0.143 e. The van der Waals surface area contributed by atoms with E-state index in [9.17, 15) is 0 Å². The highest BCUT2D eigenvalue weighted by Gasteiger charge is 2.23. The van der Waals surface area contributed by atoms with Gasteiger partial charge in [-0.1, -0.05) is 26.7 Å². The molecule has 1 aromatic rings. The number of nitrogens with one attached hydrogen (secondary N) is 1. The summed E-state index contributed by atoms with van der Waals surface area (Å²) in [6.45, 7) is 5.37. The average molecular weight is 373 g/mol. The summed E-state index contributed by atoms with van der Waals surface area (Å²) in [5, 5.41) is 3.47. The molecule has 0 amide bonds. The Morgan fingerprint density at radius 3 is 2.53 bits per heavy atom. The maximum absolute atomic E-state index is 4.85. The molecule has 0 aromatic carbocycles. The first kappa shape index (κ1) is 15.0. The van der Waals surface area contributed by atoms with Crippen LogP contribution in [-0.2, 0) is 6.42 Å². The molecule has 1 aromatic heterocycles. The van der Waals surface area contributed by atoms with Crippen LogP contribution >= 0.6 is 22.6 Å². The second-order valence-electron chi connectivity index (χ2n) is 5.35. The molecule has 0 bridgehead atoms. The van der Waals surface area contributed by atoms with Crippen molar-refractivity contribution in [3.63, 3.8) is 0 Å². The number of nitrogens with zero attached hydrogens (tertiary/aromatic N) is 2. The van der Waals surface area contributed by atoms with Gasteiger partial charge in [-0.2, -0.15) is 0 Å². The molecule has 0 saturated heterocycles. The van der Waals surface area contributed by atoms with Crippen molar-refractivity contribution in [2.45, 2.75) is 64.7 Å². The lowest BCUT2D eigenvalue weighted by Gasteiger charge is -2.16. The molecule has 3 nitrogen and oxygen atoms in total. The predicted molar refractivity (Wildman–Crippen MR) is 88.7 cm³/mol. The van der Waals surface area contributed by atoms with Crippen LogP contribution in [0.1, 0.15) is 69.8 Å². The summed E-state index contributed by atoms with van der Waals surface area (Å²) < 4.78 is 1.25. The Hall–Kier alpha value is -0.390. The van der Waals surface area contributed by atoms with E-state index in [0.29, 0.717) is 5.92 Å². The molecule has 2 rings (SSSR count). The first-order valence-electron chi connectivity index (χ1n) is 7.56. The van der Waals surface area contributed by atoms with Gasteiger partial charge in [-0.3, -0.25) is 0 Å². The van der Waals surface area contributed by atoms with Crippen LogP contribution in [0.25, 0.3) is 0 Å². The SMILES string of the molecule is CCCNc1nc(CCC)nc(C2CCCC2)c1I. The monoisotopic (exact) mass is 373 g/mol. The molecular weight excluding hydrogens is 349 g/mol. The molecule has 4 heteroatoms. The number of anilines is 1. The van der Waals surface area contributed by atoms with Crippen LogP contribution in [0.15, 0.2) is 0 Å². The van der Waals surface area contributed by atoms with Crippen molar-refractivity contribution in [3.8, 4) is 0 Å².